The largest absolute Gasteiger partial charge is 0.494 e. The number of ether oxygens (including phenoxy) is 1. The van der Waals surface area contributed by atoms with Crippen molar-refractivity contribution in [1.82, 2.24) is 4.90 Å². The van der Waals surface area contributed by atoms with E-state index < -0.39 is 0 Å². The Balaban J connectivity index is 2.05. The third-order valence-electron chi connectivity index (χ3n) is 3.18. The van der Waals surface area contributed by atoms with Crippen molar-refractivity contribution < 1.29 is 4.74 Å². The first-order valence-electron chi connectivity index (χ1n) is 6.70. The van der Waals surface area contributed by atoms with Crippen LogP contribution >= 0.6 is 0 Å². The third-order valence-corrected chi connectivity index (χ3v) is 3.18. The minimum atomic E-state index is 0.570. The first kappa shape index (κ1) is 13.8. The Kier molecular flexibility index (Phi) is 4.77. The quantitative estimate of drug-likeness (QED) is 0.809. The number of fused-ring (bicyclic) bond motifs is 1. The summed E-state index contributed by atoms with van der Waals surface area (Å²) in [5.41, 5.74) is 6.92. The van der Waals surface area contributed by atoms with Gasteiger partial charge in [-0.15, -0.1) is 0 Å². The zero-order valence-electron chi connectivity index (χ0n) is 11.7. The normalized spacial score (nSPS) is 11.2. The molecule has 0 heterocycles. The standard InChI is InChI=1S/C16H22N2O/c1-18(2)9-4-10-19-15-7-8-16-13(11-15)5-3-6-14(16)12-17/h3,5-8,11H,4,9-10,12,17H2,1-2H3. The van der Waals surface area contributed by atoms with E-state index in [1.54, 1.807) is 0 Å². The first-order valence-corrected chi connectivity index (χ1v) is 6.70. The molecule has 0 aliphatic rings. The van der Waals surface area contributed by atoms with E-state index in [-0.39, 0.29) is 0 Å². The van der Waals surface area contributed by atoms with Crippen molar-refractivity contribution >= 4 is 10.8 Å². The van der Waals surface area contributed by atoms with Crippen LogP contribution in [0.5, 0.6) is 5.75 Å². The molecule has 3 heteroatoms. The second-order valence-electron chi connectivity index (χ2n) is 5.01. The number of nitrogens with zero attached hydrogens (tertiary/aromatic N) is 1. The van der Waals surface area contributed by atoms with E-state index in [2.05, 4.69) is 43.3 Å². The SMILES string of the molecule is CN(C)CCCOc1ccc2c(CN)cccc2c1. The van der Waals surface area contributed by atoms with Crippen LogP contribution in [0.3, 0.4) is 0 Å². The molecule has 2 aromatic rings. The lowest BCUT2D eigenvalue weighted by atomic mass is 10.0. The van der Waals surface area contributed by atoms with Gasteiger partial charge in [-0.1, -0.05) is 24.3 Å². The highest BCUT2D eigenvalue weighted by Gasteiger charge is 2.01. The van der Waals surface area contributed by atoms with Crippen LogP contribution in [0.1, 0.15) is 12.0 Å². The molecule has 3 nitrogen and oxygen atoms in total. The molecule has 0 unspecified atom stereocenters. The molecule has 0 aliphatic carbocycles. The van der Waals surface area contributed by atoms with Crippen molar-refractivity contribution in [3.63, 3.8) is 0 Å². The van der Waals surface area contributed by atoms with Gasteiger partial charge >= 0.3 is 0 Å². The molecule has 2 rings (SSSR count). The Labute approximate surface area is 115 Å². The van der Waals surface area contributed by atoms with Gasteiger partial charge in [0, 0.05) is 13.1 Å². The molecular weight excluding hydrogens is 236 g/mol. The number of nitrogens with two attached hydrogens (primary N) is 1. The van der Waals surface area contributed by atoms with Crippen LogP contribution in [0.4, 0.5) is 0 Å². The molecular formula is C16H22N2O. The molecule has 0 radical (unpaired) electrons. The third kappa shape index (κ3) is 3.69. The van der Waals surface area contributed by atoms with E-state index in [4.69, 9.17) is 10.5 Å². The van der Waals surface area contributed by atoms with Crippen LogP contribution in [0.2, 0.25) is 0 Å². The maximum absolute atomic E-state index is 5.78. The summed E-state index contributed by atoms with van der Waals surface area (Å²) in [6, 6.07) is 12.4. The Bertz CT molecular complexity index is 537. The number of benzene rings is 2. The molecule has 0 spiro atoms. The molecule has 2 aromatic carbocycles. The maximum atomic E-state index is 5.78. The van der Waals surface area contributed by atoms with Crippen LogP contribution in [0, 0.1) is 0 Å². The summed E-state index contributed by atoms with van der Waals surface area (Å²) < 4.78 is 5.78. The monoisotopic (exact) mass is 258 g/mol. The Morgan fingerprint density at radius 1 is 1.16 bits per heavy atom. The second-order valence-corrected chi connectivity index (χ2v) is 5.01. The lowest BCUT2D eigenvalue weighted by Gasteiger charge is -2.11. The van der Waals surface area contributed by atoms with Gasteiger partial charge in [0.25, 0.3) is 0 Å². The summed E-state index contributed by atoms with van der Waals surface area (Å²) in [7, 11) is 4.15. The van der Waals surface area contributed by atoms with Gasteiger partial charge in [-0.3, -0.25) is 0 Å². The summed E-state index contributed by atoms with van der Waals surface area (Å²) in [5.74, 6) is 0.931. The van der Waals surface area contributed by atoms with E-state index in [9.17, 15) is 0 Å². The van der Waals surface area contributed by atoms with Crippen molar-refractivity contribution in [1.29, 1.82) is 0 Å². The van der Waals surface area contributed by atoms with Crippen molar-refractivity contribution in [3.8, 4) is 5.75 Å². The maximum Gasteiger partial charge on any atom is 0.119 e. The molecule has 0 saturated carbocycles. The highest BCUT2D eigenvalue weighted by molar-refractivity contribution is 5.86. The van der Waals surface area contributed by atoms with Gasteiger partial charge in [-0.2, -0.15) is 0 Å². The molecule has 0 saturated heterocycles. The van der Waals surface area contributed by atoms with Crippen LogP contribution in [0.25, 0.3) is 10.8 Å². The summed E-state index contributed by atoms with van der Waals surface area (Å²) in [6.45, 7) is 2.37. The van der Waals surface area contributed by atoms with Gasteiger partial charge in [0.1, 0.15) is 5.75 Å². The highest BCUT2D eigenvalue weighted by atomic mass is 16.5. The van der Waals surface area contributed by atoms with Crippen LogP contribution < -0.4 is 10.5 Å². The fourth-order valence-electron chi connectivity index (χ4n) is 2.17. The number of rotatable bonds is 6. The zero-order chi connectivity index (χ0) is 13.7. The van der Waals surface area contributed by atoms with Gasteiger partial charge in [0.2, 0.25) is 0 Å². The predicted molar refractivity (Wildman–Crippen MR) is 80.5 cm³/mol. The van der Waals surface area contributed by atoms with Crippen LogP contribution in [-0.2, 0) is 6.54 Å². The summed E-state index contributed by atoms with van der Waals surface area (Å²) in [4.78, 5) is 2.16. The van der Waals surface area contributed by atoms with E-state index in [0.29, 0.717) is 6.54 Å². The summed E-state index contributed by atoms with van der Waals surface area (Å²) in [6.07, 6.45) is 1.04. The van der Waals surface area contributed by atoms with Crippen molar-refractivity contribution in [2.75, 3.05) is 27.2 Å². The molecule has 0 fully saturated rings. The van der Waals surface area contributed by atoms with E-state index in [1.165, 1.54) is 16.3 Å². The molecule has 0 atom stereocenters. The minimum absolute atomic E-state index is 0.570. The topological polar surface area (TPSA) is 38.5 Å². The molecule has 0 bridgehead atoms. The second kappa shape index (κ2) is 6.55. The Morgan fingerprint density at radius 2 is 2.00 bits per heavy atom. The highest BCUT2D eigenvalue weighted by Crippen LogP contribution is 2.23. The van der Waals surface area contributed by atoms with Crippen LogP contribution in [-0.4, -0.2) is 32.1 Å². The minimum Gasteiger partial charge on any atom is -0.494 e. The molecule has 0 aliphatic heterocycles. The fourth-order valence-corrected chi connectivity index (χ4v) is 2.17. The lowest BCUT2D eigenvalue weighted by Crippen LogP contribution is -2.15. The average Bonchev–Trinajstić information content (AvgIpc) is 2.42. The van der Waals surface area contributed by atoms with Crippen molar-refractivity contribution in [3.05, 3.63) is 42.0 Å². The lowest BCUT2D eigenvalue weighted by molar-refractivity contribution is 0.282. The summed E-state index contributed by atoms with van der Waals surface area (Å²) >= 11 is 0. The van der Waals surface area contributed by atoms with Crippen molar-refractivity contribution in [2.45, 2.75) is 13.0 Å². The smallest absolute Gasteiger partial charge is 0.119 e. The van der Waals surface area contributed by atoms with E-state index >= 15 is 0 Å². The summed E-state index contributed by atoms with van der Waals surface area (Å²) in [5, 5.41) is 2.40. The van der Waals surface area contributed by atoms with Gasteiger partial charge in [-0.25, -0.2) is 0 Å². The van der Waals surface area contributed by atoms with Gasteiger partial charge < -0.3 is 15.4 Å². The first-order chi connectivity index (χ1) is 9.20. The average molecular weight is 258 g/mol. The molecule has 0 amide bonds. The Morgan fingerprint density at radius 3 is 2.74 bits per heavy atom. The van der Waals surface area contributed by atoms with Gasteiger partial charge in [0.05, 0.1) is 6.61 Å². The molecule has 19 heavy (non-hydrogen) atoms. The molecule has 0 aromatic heterocycles. The van der Waals surface area contributed by atoms with Gasteiger partial charge in [-0.05, 0) is 49.0 Å². The van der Waals surface area contributed by atoms with Crippen LogP contribution in [0.15, 0.2) is 36.4 Å². The van der Waals surface area contributed by atoms with E-state index in [1.807, 2.05) is 12.1 Å². The fraction of sp³-hybridized carbons (Fsp3) is 0.375. The Hall–Kier alpha value is -1.58. The van der Waals surface area contributed by atoms with Crippen molar-refractivity contribution in [2.24, 2.45) is 5.73 Å². The zero-order valence-corrected chi connectivity index (χ0v) is 11.7. The number of hydrogen-bond donors (Lipinski definition) is 1. The molecule has 102 valence electrons. The molecule has 2 N–H and O–H groups in total. The predicted octanol–water partition coefficient (Wildman–Crippen LogP) is 2.63. The van der Waals surface area contributed by atoms with Gasteiger partial charge in [0.15, 0.2) is 0 Å². The number of hydrogen-bond acceptors (Lipinski definition) is 3. The van der Waals surface area contributed by atoms with E-state index in [0.717, 1.165) is 25.3 Å².